The quantitative estimate of drug-likeness (QED) is 0.679. The minimum Gasteiger partial charge on any atom is -0.437 e. The molecule has 0 atom stereocenters. The van der Waals surface area contributed by atoms with E-state index in [1.807, 2.05) is 18.4 Å². The molecule has 1 aliphatic heterocycles. The van der Waals surface area contributed by atoms with E-state index in [9.17, 15) is 5.02 Å². The summed E-state index contributed by atoms with van der Waals surface area (Å²) < 4.78 is 1.89. The van der Waals surface area contributed by atoms with Crippen LogP contribution in [0.2, 0.25) is 6.82 Å². The number of aromatic nitrogens is 4. The Morgan fingerprint density at radius 2 is 2.07 bits per heavy atom. The van der Waals surface area contributed by atoms with Crippen LogP contribution in [0.15, 0.2) is 0 Å². The highest BCUT2D eigenvalue weighted by atomic mass is 16.2. The first-order chi connectivity index (χ1) is 7.18. The molecule has 2 heterocycles. The Labute approximate surface area is 89.4 Å². The molecule has 2 rings (SSSR count). The molecule has 1 N–H and O–H groups in total. The molecule has 0 spiro atoms. The van der Waals surface area contributed by atoms with Crippen LogP contribution in [0.1, 0.15) is 24.7 Å². The molecule has 82 valence electrons. The van der Waals surface area contributed by atoms with E-state index in [1.54, 1.807) is 0 Å². The van der Waals surface area contributed by atoms with Gasteiger partial charge in [0.25, 0.3) is 0 Å². The predicted molar refractivity (Wildman–Crippen MR) is 56.2 cm³/mol. The van der Waals surface area contributed by atoms with Crippen molar-refractivity contribution in [3.05, 3.63) is 5.82 Å². The number of tetrazole rings is 1. The van der Waals surface area contributed by atoms with Gasteiger partial charge >= 0.3 is 7.05 Å². The molecule has 15 heavy (non-hydrogen) atoms. The van der Waals surface area contributed by atoms with Gasteiger partial charge in [-0.3, -0.25) is 0 Å². The van der Waals surface area contributed by atoms with Crippen molar-refractivity contribution in [2.45, 2.75) is 32.6 Å². The highest BCUT2D eigenvalue weighted by Gasteiger charge is 2.26. The number of rotatable bonds is 2. The minimum absolute atomic E-state index is 0.346. The van der Waals surface area contributed by atoms with Crippen LogP contribution in [-0.4, -0.2) is 50.2 Å². The van der Waals surface area contributed by atoms with E-state index in [-0.39, 0.29) is 7.05 Å². The van der Waals surface area contributed by atoms with E-state index < -0.39 is 0 Å². The molecular formula is C8H16BN5O. The van der Waals surface area contributed by atoms with Crippen molar-refractivity contribution in [1.82, 2.24) is 25.0 Å². The van der Waals surface area contributed by atoms with Crippen LogP contribution in [0.5, 0.6) is 0 Å². The molecule has 0 saturated carbocycles. The van der Waals surface area contributed by atoms with Crippen LogP contribution in [0.3, 0.4) is 0 Å². The average Bonchev–Trinajstić information content (AvgIpc) is 2.65. The molecule has 1 aromatic heterocycles. The Balaban J connectivity index is 1.97. The van der Waals surface area contributed by atoms with Crippen LogP contribution in [0.4, 0.5) is 0 Å². The Morgan fingerprint density at radius 1 is 1.40 bits per heavy atom. The highest BCUT2D eigenvalue weighted by Crippen LogP contribution is 2.22. The molecule has 0 amide bonds. The van der Waals surface area contributed by atoms with Gasteiger partial charge in [0.2, 0.25) is 0 Å². The van der Waals surface area contributed by atoms with Crippen molar-refractivity contribution >= 4 is 7.05 Å². The highest BCUT2D eigenvalue weighted by molar-refractivity contribution is 6.45. The Bertz CT molecular complexity index is 321. The van der Waals surface area contributed by atoms with Crippen molar-refractivity contribution in [2.75, 3.05) is 13.1 Å². The Morgan fingerprint density at radius 3 is 2.53 bits per heavy atom. The van der Waals surface area contributed by atoms with Crippen LogP contribution in [0, 0.1) is 6.92 Å². The molecule has 1 fully saturated rings. The first-order valence-electron chi connectivity index (χ1n) is 5.35. The SMILES string of the molecule is CB(O)N1CCC(n2nnnc2C)CC1. The third kappa shape index (κ3) is 2.18. The van der Waals surface area contributed by atoms with E-state index in [4.69, 9.17) is 0 Å². The zero-order valence-corrected chi connectivity index (χ0v) is 9.17. The van der Waals surface area contributed by atoms with Gasteiger partial charge in [-0.15, -0.1) is 5.10 Å². The summed E-state index contributed by atoms with van der Waals surface area (Å²) in [6.07, 6.45) is 1.99. The molecule has 0 aromatic carbocycles. The molecule has 7 heteroatoms. The number of hydrogen-bond acceptors (Lipinski definition) is 5. The molecule has 0 radical (unpaired) electrons. The van der Waals surface area contributed by atoms with Crippen molar-refractivity contribution in [3.63, 3.8) is 0 Å². The number of nitrogens with zero attached hydrogens (tertiary/aromatic N) is 5. The summed E-state index contributed by atoms with van der Waals surface area (Å²) in [7, 11) is -0.346. The molecule has 1 aromatic rings. The fourth-order valence-corrected chi connectivity index (χ4v) is 2.08. The van der Waals surface area contributed by atoms with Crippen molar-refractivity contribution in [2.24, 2.45) is 0 Å². The number of aryl methyl sites for hydroxylation is 1. The van der Waals surface area contributed by atoms with Crippen molar-refractivity contribution in [3.8, 4) is 0 Å². The lowest BCUT2D eigenvalue weighted by Crippen LogP contribution is -2.43. The summed E-state index contributed by atoms with van der Waals surface area (Å²) in [6.45, 7) is 5.53. The van der Waals surface area contributed by atoms with Crippen molar-refractivity contribution < 1.29 is 5.02 Å². The third-order valence-electron chi connectivity index (χ3n) is 3.03. The normalized spacial score (nSPS) is 19.4. The third-order valence-corrected chi connectivity index (χ3v) is 3.03. The second-order valence-electron chi connectivity index (χ2n) is 4.07. The second kappa shape index (κ2) is 4.28. The molecule has 1 saturated heterocycles. The molecule has 1 aliphatic rings. The van der Waals surface area contributed by atoms with Gasteiger partial charge in [-0.2, -0.15) is 0 Å². The lowest BCUT2D eigenvalue weighted by Gasteiger charge is -2.32. The maximum atomic E-state index is 9.43. The van der Waals surface area contributed by atoms with Gasteiger partial charge in [0.05, 0.1) is 6.04 Å². The molecule has 0 aliphatic carbocycles. The van der Waals surface area contributed by atoms with E-state index in [0.717, 1.165) is 31.8 Å². The summed E-state index contributed by atoms with van der Waals surface area (Å²) in [5.41, 5.74) is 0. The molecule has 6 nitrogen and oxygen atoms in total. The smallest absolute Gasteiger partial charge is 0.376 e. The fourth-order valence-electron chi connectivity index (χ4n) is 2.08. The summed E-state index contributed by atoms with van der Waals surface area (Å²) in [6, 6.07) is 0.384. The Kier molecular flexibility index (Phi) is 3.02. The zero-order chi connectivity index (χ0) is 10.8. The Hall–Kier alpha value is -0.945. The van der Waals surface area contributed by atoms with Gasteiger partial charge in [-0.05, 0) is 50.1 Å². The second-order valence-corrected chi connectivity index (χ2v) is 4.07. The van der Waals surface area contributed by atoms with Gasteiger partial charge in [-0.25, -0.2) is 4.68 Å². The van der Waals surface area contributed by atoms with Crippen LogP contribution in [-0.2, 0) is 0 Å². The van der Waals surface area contributed by atoms with Crippen molar-refractivity contribution in [1.29, 1.82) is 0 Å². The van der Waals surface area contributed by atoms with Gasteiger partial charge in [-0.1, -0.05) is 0 Å². The average molecular weight is 209 g/mol. The standard InChI is InChI=1S/C8H16BN5O/c1-7-10-11-12-14(7)8-3-5-13(6-4-8)9(2)15/h8,15H,3-6H2,1-2H3. The van der Waals surface area contributed by atoms with Gasteiger partial charge in [0.15, 0.2) is 0 Å². The summed E-state index contributed by atoms with van der Waals surface area (Å²) >= 11 is 0. The molecular weight excluding hydrogens is 193 g/mol. The minimum atomic E-state index is -0.346. The summed E-state index contributed by atoms with van der Waals surface area (Å²) in [5, 5.41) is 20.9. The van der Waals surface area contributed by atoms with E-state index in [0.29, 0.717) is 6.04 Å². The van der Waals surface area contributed by atoms with E-state index >= 15 is 0 Å². The fraction of sp³-hybridized carbons (Fsp3) is 0.875. The first-order valence-corrected chi connectivity index (χ1v) is 5.35. The number of piperidine rings is 1. The van der Waals surface area contributed by atoms with Gasteiger partial charge < -0.3 is 9.83 Å². The lowest BCUT2D eigenvalue weighted by atomic mass is 9.82. The van der Waals surface area contributed by atoms with Crippen LogP contribution < -0.4 is 0 Å². The zero-order valence-electron chi connectivity index (χ0n) is 9.17. The summed E-state index contributed by atoms with van der Waals surface area (Å²) in [4.78, 5) is 2.07. The molecule has 0 unspecified atom stereocenters. The maximum Gasteiger partial charge on any atom is 0.376 e. The van der Waals surface area contributed by atoms with Gasteiger partial charge in [0.1, 0.15) is 5.82 Å². The van der Waals surface area contributed by atoms with Crippen LogP contribution >= 0.6 is 0 Å². The van der Waals surface area contributed by atoms with E-state index in [2.05, 4.69) is 20.3 Å². The topological polar surface area (TPSA) is 67.1 Å². The maximum absolute atomic E-state index is 9.43. The number of hydrogen-bond donors (Lipinski definition) is 1. The monoisotopic (exact) mass is 209 g/mol. The summed E-state index contributed by atoms with van der Waals surface area (Å²) in [5.74, 6) is 0.866. The molecule has 0 bridgehead atoms. The van der Waals surface area contributed by atoms with E-state index in [1.165, 1.54) is 0 Å². The van der Waals surface area contributed by atoms with Gasteiger partial charge in [0, 0.05) is 0 Å². The lowest BCUT2D eigenvalue weighted by molar-refractivity contribution is 0.237. The first kappa shape index (κ1) is 10.6. The predicted octanol–water partition coefficient (Wildman–Crippen LogP) is -0.271. The largest absolute Gasteiger partial charge is 0.437 e. The van der Waals surface area contributed by atoms with Crippen LogP contribution in [0.25, 0.3) is 0 Å².